The van der Waals surface area contributed by atoms with Crippen LogP contribution in [0.5, 0.6) is 0 Å². The molecule has 0 heterocycles. The first-order chi connectivity index (χ1) is 24.6. The lowest BCUT2D eigenvalue weighted by Crippen LogP contribution is -2.17. The van der Waals surface area contributed by atoms with E-state index in [1.807, 2.05) is 0 Å². The van der Waals surface area contributed by atoms with E-state index >= 15 is 0 Å². The Morgan fingerprint density at radius 1 is 0.392 bits per heavy atom. The van der Waals surface area contributed by atoms with E-state index in [0.29, 0.717) is 0 Å². The van der Waals surface area contributed by atoms with Gasteiger partial charge in [-0.3, -0.25) is 0 Å². The molecule has 0 unspecified atom stereocenters. The molecule has 0 aliphatic heterocycles. The predicted octanol–water partition coefficient (Wildman–Crippen LogP) is 13.8. The Balaban J connectivity index is 1.16. The van der Waals surface area contributed by atoms with E-state index < -0.39 is 0 Å². The maximum absolute atomic E-state index is 2.47. The highest BCUT2D eigenvalue weighted by molar-refractivity contribution is 6.05. The molecule has 2 aliphatic rings. The molecule has 2 aliphatic carbocycles. The minimum Gasteiger partial charge on any atom is -0.310 e. The summed E-state index contributed by atoms with van der Waals surface area (Å²) in [5.41, 5.74) is 16.9. The summed E-state index contributed by atoms with van der Waals surface area (Å²) in [5.74, 6) is 0. The van der Waals surface area contributed by atoms with Gasteiger partial charge in [0.25, 0.3) is 0 Å². The molecule has 51 heavy (non-hydrogen) atoms. The van der Waals surface area contributed by atoms with Gasteiger partial charge in [-0.2, -0.15) is 0 Å². The van der Waals surface area contributed by atoms with Crippen LogP contribution in [-0.2, 0) is 10.8 Å². The van der Waals surface area contributed by atoms with Gasteiger partial charge in [0.05, 0.1) is 0 Å². The van der Waals surface area contributed by atoms with Crippen molar-refractivity contribution in [3.05, 3.63) is 173 Å². The van der Waals surface area contributed by atoms with Crippen molar-refractivity contribution in [2.24, 2.45) is 0 Å². The quantitative estimate of drug-likeness (QED) is 0.183. The van der Waals surface area contributed by atoms with Crippen LogP contribution in [0.4, 0.5) is 17.1 Å². The van der Waals surface area contributed by atoms with Gasteiger partial charge in [0.15, 0.2) is 0 Å². The van der Waals surface area contributed by atoms with Crippen molar-refractivity contribution in [1.82, 2.24) is 0 Å². The molecule has 0 saturated carbocycles. The Morgan fingerprint density at radius 2 is 0.941 bits per heavy atom. The van der Waals surface area contributed by atoms with Gasteiger partial charge in [-0.15, -0.1) is 0 Å². The van der Waals surface area contributed by atoms with Gasteiger partial charge in [0.1, 0.15) is 0 Å². The Bertz CT molecular complexity index is 2760. The molecule has 0 saturated heterocycles. The fraction of sp³-hybridized carbons (Fsp3) is 0.160. The Labute approximate surface area is 300 Å². The topological polar surface area (TPSA) is 3.24 Å². The van der Waals surface area contributed by atoms with E-state index in [2.05, 4.69) is 186 Å². The largest absolute Gasteiger partial charge is 0.310 e. The van der Waals surface area contributed by atoms with Crippen molar-refractivity contribution in [3.63, 3.8) is 0 Å². The fourth-order valence-corrected chi connectivity index (χ4v) is 9.81. The number of fused-ring (bicyclic) bond motifs is 12. The number of nitrogens with zero attached hydrogens (tertiary/aromatic N) is 1. The highest BCUT2D eigenvalue weighted by Crippen LogP contribution is 2.55. The van der Waals surface area contributed by atoms with Crippen molar-refractivity contribution in [2.75, 3.05) is 4.90 Å². The molecule has 0 N–H and O–H groups in total. The second kappa shape index (κ2) is 10.4. The van der Waals surface area contributed by atoms with Crippen LogP contribution in [0.25, 0.3) is 54.6 Å². The maximum Gasteiger partial charge on any atom is 0.0468 e. The molecule has 0 atom stereocenters. The van der Waals surface area contributed by atoms with Crippen molar-refractivity contribution in [2.45, 2.75) is 52.4 Å². The summed E-state index contributed by atoms with van der Waals surface area (Å²) in [6, 6.07) is 52.9. The number of hydrogen-bond acceptors (Lipinski definition) is 1. The van der Waals surface area contributed by atoms with E-state index in [1.165, 1.54) is 105 Å². The molecule has 8 aromatic rings. The summed E-state index contributed by atoms with van der Waals surface area (Å²) in [4.78, 5) is 2.47. The van der Waals surface area contributed by atoms with Gasteiger partial charge >= 0.3 is 0 Å². The van der Waals surface area contributed by atoms with Crippen molar-refractivity contribution in [3.8, 4) is 22.3 Å². The molecular formula is C50H41N. The van der Waals surface area contributed by atoms with Crippen LogP contribution in [0.15, 0.2) is 140 Å². The average Bonchev–Trinajstić information content (AvgIpc) is 3.51. The molecule has 246 valence electrons. The van der Waals surface area contributed by atoms with Crippen molar-refractivity contribution >= 4 is 49.4 Å². The number of rotatable bonds is 3. The normalized spacial score (nSPS) is 14.8. The monoisotopic (exact) mass is 655 g/mol. The highest BCUT2D eigenvalue weighted by Gasteiger charge is 2.39. The molecule has 0 fully saturated rings. The first kappa shape index (κ1) is 30.2. The molecule has 0 bridgehead atoms. The first-order valence-corrected chi connectivity index (χ1v) is 18.3. The first-order valence-electron chi connectivity index (χ1n) is 18.3. The average molecular weight is 656 g/mol. The van der Waals surface area contributed by atoms with Crippen LogP contribution in [0, 0.1) is 13.8 Å². The fourth-order valence-electron chi connectivity index (χ4n) is 9.81. The minimum absolute atomic E-state index is 0.117. The predicted molar refractivity (Wildman–Crippen MR) is 218 cm³/mol. The van der Waals surface area contributed by atoms with Gasteiger partial charge in [-0.1, -0.05) is 131 Å². The standard InChI is InChI=1S/C50H41N/c1-30-25-31(2)27-37(26-30)51(36-19-23-43-45(29-36)49(3,4)44-24-17-32-11-7-9-13-38(32)46(43)44)35-18-22-40-34(28-35)16-21-42-41-20-15-33-12-8-10-14-39(33)47(41)50(5,6)48(40)42/h7-29H,1-6H3. The second-order valence-electron chi connectivity index (χ2n) is 16.0. The van der Waals surface area contributed by atoms with Crippen LogP contribution in [0.2, 0.25) is 0 Å². The molecule has 0 aromatic heterocycles. The van der Waals surface area contributed by atoms with Crippen LogP contribution in [0.1, 0.15) is 61.1 Å². The van der Waals surface area contributed by atoms with Gasteiger partial charge in [-0.25, -0.2) is 0 Å². The van der Waals surface area contributed by atoms with Crippen LogP contribution in [-0.4, -0.2) is 0 Å². The number of hydrogen-bond donors (Lipinski definition) is 0. The van der Waals surface area contributed by atoms with Crippen LogP contribution >= 0.6 is 0 Å². The molecule has 0 amide bonds. The van der Waals surface area contributed by atoms with Crippen molar-refractivity contribution < 1.29 is 0 Å². The van der Waals surface area contributed by atoms with Gasteiger partial charge < -0.3 is 4.90 Å². The molecule has 10 rings (SSSR count). The smallest absolute Gasteiger partial charge is 0.0468 e. The summed E-state index contributed by atoms with van der Waals surface area (Å²) in [6.07, 6.45) is 0. The SMILES string of the molecule is Cc1cc(C)cc(N(c2ccc3c(c2)C(C)(C)c2ccc4ccccc4c2-3)c2ccc3c4c(ccc3c2)-c2ccc3ccccc3c2C4(C)C)c1. The maximum atomic E-state index is 2.47. The Kier molecular flexibility index (Phi) is 6.18. The lowest BCUT2D eigenvalue weighted by atomic mass is 9.78. The van der Waals surface area contributed by atoms with E-state index in [9.17, 15) is 0 Å². The lowest BCUT2D eigenvalue weighted by Gasteiger charge is -2.29. The molecule has 1 nitrogen and oxygen atoms in total. The zero-order chi connectivity index (χ0) is 34.8. The Hall–Kier alpha value is -5.66. The van der Waals surface area contributed by atoms with Crippen molar-refractivity contribution in [1.29, 1.82) is 0 Å². The Morgan fingerprint density at radius 3 is 1.67 bits per heavy atom. The lowest BCUT2D eigenvalue weighted by molar-refractivity contribution is 0.661. The van der Waals surface area contributed by atoms with Gasteiger partial charge in [0, 0.05) is 27.9 Å². The zero-order valence-electron chi connectivity index (χ0n) is 30.2. The van der Waals surface area contributed by atoms with Crippen LogP contribution in [0.3, 0.4) is 0 Å². The summed E-state index contributed by atoms with van der Waals surface area (Å²) in [7, 11) is 0. The molecule has 0 radical (unpaired) electrons. The van der Waals surface area contributed by atoms with E-state index in [1.54, 1.807) is 0 Å². The molecular weight excluding hydrogens is 615 g/mol. The van der Waals surface area contributed by atoms with Gasteiger partial charge in [0.2, 0.25) is 0 Å². The number of benzene rings is 8. The molecule has 8 aromatic carbocycles. The van der Waals surface area contributed by atoms with E-state index in [0.717, 1.165) is 0 Å². The molecule has 1 heteroatoms. The summed E-state index contributed by atoms with van der Waals surface area (Å²) in [6.45, 7) is 14.0. The minimum atomic E-state index is -0.120. The third kappa shape index (κ3) is 4.21. The second-order valence-corrected chi connectivity index (χ2v) is 16.0. The third-order valence-corrected chi connectivity index (χ3v) is 12.0. The van der Waals surface area contributed by atoms with Crippen LogP contribution < -0.4 is 4.90 Å². The number of anilines is 3. The van der Waals surface area contributed by atoms with E-state index in [4.69, 9.17) is 0 Å². The van der Waals surface area contributed by atoms with E-state index in [-0.39, 0.29) is 10.8 Å². The number of aryl methyl sites for hydroxylation is 2. The third-order valence-electron chi connectivity index (χ3n) is 12.0. The summed E-state index contributed by atoms with van der Waals surface area (Å²) < 4.78 is 0. The highest BCUT2D eigenvalue weighted by atomic mass is 15.1. The summed E-state index contributed by atoms with van der Waals surface area (Å²) >= 11 is 0. The van der Waals surface area contributed by atoms with Gasteiger partial charge in [-0.05, 0) is 138 Å². The summed E-state index contributed by atoms with van der Waals surface area (Å²) in [5, 5.41) is 7.90. The molecule has 0 spiro atoms. The zero-order valence-corrected chi connectivity index (χ0v) is 30.2.